The molecule has 0 unspecified atom stereocenters. The number of carboxylic acid groups (broad SMARTS) is 1. The van der Waals surface area contributed by atoms with Crippen molar-refractivity contribution in [1.82, 2.24) is 0 Å². The number of alkyl halides is 3. The molecule has 0 fully saturated rings. The minimum absolute atomic E-state index is 0.0710. The first-order valence-corrected chi connectivity index (χ1v) is 11.8. The van der Waals surface area contributed by atoms with Crippen LogP contribution in [-0.4, -0.2) is 27.6 Å². The number of ether oxygens (including phenoxy) is 1. The largest absolute Gasteiger partial charge is 0.478 e. The molecule has 0 spiro atoms. The summed E-state index contributed by atoms with van der Waals surface area (Å²) in [7, 11) is 0. The smallest absolute Gasteiger partial charge is 0.416 e. The van der Waals surface area contributed by atoms with Crippen LogP contribution in [0.5, 0.6) is 5.75 Å². The van der Waals surface area contributed by atoms with Crippen LogP contribution in [0.3, 0.4) is 0 Å². The van der Waals surface area contributed by atoms with E-state index in [4.69, 9.17) is 27.9 Å². The van der Waals surface area contributed by atoms with Crippen LogP contribution in [0.2, 0.25) is 10.0 Å². The first-order chi connectivity index (χ1) is 16.3. The van der Waals surface area contributed by atoms with Crippen molar-refractivity contribution < 1.29 is 33.0 Å². The Morgan fingerprint density at radius 2 is 1.69 bits per heavy atom. The summed E-state index contributed by atoms with van der Waals surface area (Å²) in [4.78, 5) is 12.7. The highest BCUT2D eigenvalue weighted by Crippen LogP contribution is 2.38. The van der Waals surface area contributed by atoms with E-state index in [1.165, 1.54) is 43.4 Å². The van der Waals surface area contributed by atoms with Crippen LogP contribution in [0.4, 0.5) is 13.2 Å². The van der Waals surface area contributed by atoms with E-state index in [9.17, 15) is 28.3 Å². The summed E-state index contributed by atoms with van der Waals surface area (Å²) < 4.78 is 43.9. The molecule has 0 saturated heterocycles. The van der Waals surface area contributed by atoms with Crippen molar-refractivity contribution in [3.8, 4) is 16.2 Å². The fourth-order valence-corrected chi connectivity index (χ4v) is 4.61. The van der Waals surface area contributed by atoms with Crippen LogP contribution in [0.25, 0.3) is 10.4 Å². The molecule has 35 heavy (non-hydrogen) atoms. The minimum atomic E-state index is -4.41. The number of aryl methyl sites for hydroxylation is 1. The highest BCUT2D eigenvalue weighted by molar-refractivity contribution is 7.17. The van der Waals surface area contributed by atoms with Crippen LogP contribution < -0.4 is 4.74 Å². The molecule has 3 rings (SSSR count). The number of rotatable bonds is 8. The number of oxime groups is 1. The van der Waals surface area contributed by atoms with Gasteiger partial charge in [-0.1, -0.05) is 46.6 Å². The lowest BCUT2D eigenvalue weighted by atomic mass is 10.1. The molecular formula is C24H20Cl2F3NO4S. The van der Waals surface area contributed by atoms with Crippen molar-refractivity contribution in [3.05, 3.63) is 74.6 Å². The molecule has 0 amide bonds. The summed E-state index contributed by atoms with van der Waals surface area (Å²) in [5, 5.41) is 22.4. The number of halogens is 5. The zero-order valence-electron chi connectivity index (χ0n) is 18.5. The van der Waals surface area contributed by atoms with Crippen LogP contribution in [0, 0.1) is 0 Å². The average Bonchev–Trinajstić information content (AvgIpc) is 3.28. The minimum Gasteiger partial charge on any atom is -0.478 e. The van der Waals surface area contributed by atoms with Gasteiger partial charge < -0.3 is 15.1 Å². The standard InChI is InChI=1S/C24H20Cl2F3NO4S/c1-23(2,22(31)32)34-17-10-6-14(20(25)21(17)26)5-9-16(30-33)19-12-11-18(35-19)13-3-7-15(8-4-13)24(27,28)29/h3-4,6-8,10-12,33H,5,9H2,1-2H3,(H,31,32)/b30-16+. The predicted octanol–water partition coefficient (Wildman–Crippen LogP) is 7.79. The number of thiophene rings is 1. The zero-order valence-corrected chi connectivity index (χ0v) is 20.8. The first kappa shape index (κ1) is 26.8. The first-order valence-electron chi connectivity index (χ1n) is 10.2. The number of nitrogens with zero attached hydrogens (tertiary/aromatic N) is 1. The SMILES string of the molecule is CC(C)(Oc1ccc(CC/C(=N\O)c2ccc(-c3ccc(C(F)(F)F)cc3)s2)c(Cl)c1Cl)C(=O)O. The third-order valence-electron chi connectivity index (χ3n) is 5.15. The third kappa shape index (κ3) is 6.28. The molecule has 0 radical (unpaired) electrons. The Hall–Kier alpha value is -2.75. The van der Waals surface area contributed by atoms with E-state index in [1.54, 1.807) is 18.2 Å². The number of hydrogen-bond acceptors (Lipinski definition) is 5. The van der Waals surface area contributed by atoms with Gasteiger partial charge in [0.15, 0.2) is 5.60 Å². The molecule has 0 bridgehead atoms. The van der Waals surface area contributed by atoms with E-state index < -0.39 is 23.3 Å². The molecule has 0 saturated carbocycles. The molecule has 5 nitrogen and oxygen atoms in total. The molecule has 1 aromatic heterocycles. The third-order valence-corrected chi connectivity index (χ3v) is 7.23. The predicted molar refractivity (Wildman–Crippen MR) is 130 cm³/mol. The Balaban J connectivity index is 1.73. The highest BCUT2D eigenvalue weighted by atomic mass is 35.5. The quantitative estimate of drug-likeness (QED) is 0.172. The van der Waals surface area contributed by atoms with Gasteiger partial charge in [0, 0.05) is 4.88 Å². The van der Waals surface area contributed by atoms with Crippen molar-refractivity contribution in [2.24, 2.45) is 5.16 Å². The molecule has 1 heterocycles. The van der Waals surface area contributed by atoms with Crippen molar-refractivity contribution >= 4 is 46.2 Å². The molecule has 186 valence electrons. The molecule has 2 N–H and O–H groups in total. The number of aliphatic carboxylic acids is 1. The van der Waals surface area contributed by atoms with Crippen molar-refractivity contribution in [2.75, 3.05) is 0 Å². The number of benzene rings is 2. The molecule has 0 aliphatic carbocycles. The fourth-order valence-electron chi connectivity index (χ4n) is 3.11. The Morgan fingerprint density at radius 3 is 2.26 bits per heavy atom. The van der Waals surface area contributed by atoms with E-state index in [-0.39, 0.29) is 15.8 Å². The van der Waals surface area contributed by atoms with E-state index >= 15 is 0 Å². The van der Waals surface area contributed by atoms with Crippen LogP contribution in [-0.2, 0) is 17.4 Å². The summed E-state index contributed by atoms with van der Waals surface area (Å²) in [5.74, 6) is -1.03. The lowest BCUT2D eigenvalue weighted by Gasteiger charge is -2.23. The van der Waals surface area contributed by atoms with Gasteiger partial charge >= 0.3 is 12.1 Å². The van der Waals surface area contributed by atoms with E-state index in [0.29, 0.717) is 34.6 Å². The van der Waals surface area contributed by atoms with E-state index in [2.05, 4.69) is 5.16 Å². The lowest BCUT2D eigenvalue weighted by Crippen LogP contribution is -2.38. The van der Waals surface area contributed by atoms with Crippen LogP contribution in [0.1, 0.15) is 36.3 Å². The van der Waals surface area contributed by atoms with Gasteiger partial charge in [-0.25, -0.2) is 4.79 Å². The van der Waals surface area contributed by atoms with Gasteiger partial charge in [-0.05, 0) is 68.1 Å². The average molecular weight is 546 g/mol. The number of carbonyl (C=O) groups is 1. The Kier molecular flexibility index (Phi) is 8.03. The monoisotopic (exact) mass is 545 g/mol. The second-order valence-electron chi connectivity index (χ2n) is 8.05. The molecule has 11 heteroatoms. The van der Waals surface area contributed by atoms with Gasteiger partial charge in [0.25, 0.3) is 0 Å². The Bertz CT molecular complexity index is 1250. The van der Waals surface area contributed by atoms with Crippen molar-refractivity contribution in [1.29, 1.82) is 0 Å². The maximum Gasteiger partial charge on any atom is 0.416 e. The number of carboxylic acids is 1. The van der Waals surface area contributed by atoms with Crippen molar-refractivity contribution in [3.63, 3.8) is 0 Å². The van der Waals surface area contributed by atoms with E-state index in [1.807, 2.05) is 0 Å². The summed E-state index contributed by atoms with van der Waals surface area (Å²) in [6.45, 7) is 2.77. The molecule has 3 aromatic rings. The van der Waals surface area contributed by atoms with Gasteiger partial charge in [-0.15, -0.1) is 11.3 Å². The molecule has 0 aliphatic rings. The normalized spacial score (nSPS) is 12.6. The van der Waals surface area contributed by atoms with Gasteiger partial charge in [-0.3, -0.25) is 0 Å². The van der Waals surface area contributed by atoms with Crippen molar-refractivity contribution in [2.45, 2.75) is 38.5 Å². The zero-order chi connectivity index (χ0) is 26.0. The summed E-state index contributed by atoms with van der Waals surface area (Å²) in [5.41, 5.74) is -0.615. The number of hydrogen-bond donors (Lipinski definition) is 2. The molecule has 0 atom stereocenters. The topological polar surface area (TPSA) is 79.1 Å². The van der Waals surface area contributed by atoms with Gasteiger partial charge in [0.05, 0.1) is 21.2 Å². The molecule has 0 aliphatic heterocycles. The Morgan fingerprint density at radius 1 is 1.03 bits per heavy atom. The van der Waals surface area contributed by atoms with Gasteiger partial charge in [-0.2, -0.15) is 13.2 Å². The van der Waals surface area contributed by atoms with E-state index in [0.717, 1.165) is 17.0 Å². The summed E-state index contributed by atoms with van der Waals surface area (Å²) in [6, 6.07) is 11.5. The second-order valence-corrected chi connectivity index (χ2v) is 9.89. The van der Waals surface area contributed by atoms with Crippen LogP contribution >= 0.6 is 34.5 Å². The maximum absolute atomic E-state index is 12.8. The summed E-state index contributed by atoms with van der Waals surface area (Å²) in [6.07, 6.45) is -3.76. The fraction of sp³-hybridized carbons (Fsp3) is 0.250. The van der Waals surface area contributed by atoms with Crippen LogP contribution in [0.15, 0.2) is 53.7 Å². The van der Waals surface area contributed by atoms with Gasteiger partial charge in [0.1, 0.15) is 10.8 Å². The highest BCUT2D eigenvalue weighted by Gasteiger charge is 2.31. The van der Waals surface area contributed by atoms with Gasteiger partial charge in [0.2, 0.25) is 0 Å². The molecule has 2 aromatic carbocycles. The molecular weight excluding hydrogens is 526 g/mol. The Labute approximate surface area is 213 Å². The lowest BCUT2D eigenvalue weighted by molar-refractivity contribution is -0.152. The maximum atomic E-state index is 12.8. The second kappa shape index (κ2) is 10.5. The summed E-state index contributed by atoms with van der Waals surface area (Å²) >= 11 is 13.9.